The Kier molecular flexibility index (Phi) is 14.8. The van der Waals surface area contributed by atoms with Gasteiger partial charge in [-0.2, -0.15) is 0 Å². The minimum absolute atomic E-state index is 0.741. The molecule has 20 aromatic rings. The summed E-state index contributed by atoms with van der Waals surface area (Å²) in [6.45, 7) is 0. The number of hydrogen-bond donors (Lipinski definition) is 1. The number of para-hydroxylation sites is 8. The fourth-order valence-electron chi connectivity index (χ4n) is 14.5. The Morgan fingerprint density at radius 1 is 0.263 bits per heavy atom. The third-order valence-electron chi connectivity index (χ3n) is 19.0. The van der Waals surface area contributed by atoms with E-state index >= 15 is 0 Å². The lowest BCUT2D eigenvalue weighted by Gasteiger charge is -2.27. The first-order valence-corrected chi connectivity index (χ1v) is 33.8. The van der Waals surface area contributed by atoms with Crippen LogP contribution in [0.2, 0.25) is 5.02 Å². The predicted octanol–water partition coefficient (Wildman–Crippen LogP) is 26.6. The van der Waals surface area contributed by atoms with Crippen LogP contribution in [0.4, 0.5) is 28.4 Å². The van der Waals surface area contributed by atoms with Crippen LogP contribution < -0.4 is 10.2 Å². The van der Waals surface area contributed by atoms with Crippen molar-refractivity contribution in [1.29, 1.82) is 0 Å². The van der Waals surface area contributed by atoms with E-state index in [1.807, 2.05) is 66.7 Å². The highest BCUT2D eigenvalue weighted by atomic mass is 35.5. The Labute approximate surface area is 576 Å². The normalized spacial score (nSPS) is 11.5. The van der Waals surface area contributed by atoms with Crippen LogP contribution in [-0.4, -0.2) is 9.13 Å². The highest BCUT2D eigenvalue weighted by molar-refractivity contribution is 6.33. The lowest BCUT2D eigenvalue weighted by atomic mass is 9.96. The number of fused-ring (bicyclic) bond motifs is 14. The highest BCUT2D eigenvalue weighted by Crippen LogP contribution is 2.47. The Bertz CT molecular complexity index is 6410. The smallest absolute Gasteiger partial charge is 0.135 e. The molecule has 0 saturated heterocycles. The molecule has 468 valence electrons. The van der Waals surface area contributed by atoms with Crippen molar-refractivity contribution in [2.24, 2.45) is 0 Å². The molecule has 0 aliphatic heterocycles. The summed E-state index contributed by atoms with van der Waals surface area (Å²) in [6, 6.07) is 128. The molecule has 0 radical (unpaired) electrons. The molecule has 0 saturated carbocycles. The van der Waals surface area contributed by atoms with E-state index in [1.54, 1.807) is 0 Å². The summed E-state index contributed by atoms with van der Waals surface area (Å²) in [5, 5.41) is 18.5. The van der Waals surface area contributed by atoms with Crippen LogP contribution in [0.1, 0.15) is 0 Å². The van der Waals surface area contributed by atoms with Gasteiger partial charge in [0.2, 0.25) is 0 Å². The molecule has 7 heteroatoms. The maximum Gasteiger partial charge on any atom is 0.135 e. The molecule has 0 spiro atoms. The van der Waals surface area contributed by atoms with E-state index in [1.165, 1.54) is 70.8 Å². The van der Waals surface area contributed by atoms with Crippen molar-refractivity contribution in [1.82, 2.24) is 9.13 Å². The Morgan fingerprint density at radius 2 is 0.697 bits per heavy atom. The van der Waals surface area contributed by atoms with Gasteiger partial charge in [-0.25, -0.2) is 0 Å². The number of nitrogens with zero attached hydrogens (tertiary/aromatic N) is 3. The summed E-state index contributed by atoms with van der Waals surface area (Å²) in [5.74, 6) is 0. The van der Waals surface area contributed by atoms with Crippen LogP contribution >= 0.6 is 11.6 Å². The van der Waals surface area contributed by atoms with Crippen molar-refractivity contribution in [2.75, 3.05) is 10.2 Å². The molecule has 0 fully saturated rings. The average molecular weight is 1290 g/mol. The minimum Gasteiger partial charge on any atom is -0.456 e. The van der Waals surface area contributed by atoms with Crippen LogP contribution in [0.3, 0.4) is 0 Å². The van der Waals surface area contributed by atoms with Crippen LogP contribution in [0.5, 0.6) is 0 Å². The molecule has 0 aliphatic carbocycles. The first-order valence-electron chi connectivity index (χ1n) is 33.4. The van der Waals surface area contributed by atoms with Gasteiger partial charge >= 0.3 is 0 Å². The van der Waals surface area contributed by atoms with Gasteiger partial charge < -0.3 is 28.2 Å². The first-order chi connectivity index (χ1) is 49.0. The van der Waals surface area contributed by atoms with Crippen molar-refractivity contribution >= 4 is 149 Å². The Balaban J connectivity index is 0.000000120. The molecule has 0 aliphatic rings. The zero-order valence-electron chi connectivity index (χ0n) is 53.7. The Morgan fingerprint density at radius 3 is 1.26 bits per heavy atom. The van der Waals surface area contributed by atoms with Gasteiger partial charge in [-0.15, -0.1) is 0 Å². The van der Waals surface area contributed by atoms with Gasteiger partial charge in [0, 0.05) is 87.9 Å². The maximum atomic E-state index is 6.67. The van der Waals surface area contributed by atoms with Gasteiger partial charge in [-0.3, -0.25) is 0 Å². The summed E-state index contributed by atoms with van der Waals surface area (Å²) in [7, 11) is 0. The molecule has 0 amide bonds. The predicted molar refractivity (Wildman–Crippen MR) is 418 cm³/mol. The van der Waals surface area contributed by atoms with E-state index in [9.17, 15) is 0 Å². The van der Waals surface area contributed by atoms with Crippen molar-refractivity contribution in [3.63, 3.8) is 0 Å². The average Bonchev–Trinajstić information content (AvgIpc) is 1.59. The molecule has 16 aromatic carbocycles. The molecular weight excluding hydrogens is 1230 g/mol. The van der Waals surface area contributed by atoms with Gasteiger partial charge in [-0.05, 0) is 189 Å². The topological polar surface area (TPSA) is 51.4 Å². The molecule has 0 atom stereocenters. The zero-order valence-corrected chi connectivity index (χ0v) is 54.4. The standard InChI is InChI=1S/C46H30N2O.C28H18ClN.C18H13NO/c1-3-15-34(16-4-1)47(36-25-26-45-41(28-36)38-19-10-12-22-44(38)49-45)37-29-40(33-24-23-31-13-7-8-14-32(31)27-33)46-39-20-9-11-21-42(39)48(43(46)30-37)35-17-5-2-6-18-35;29-22-17-25(21-15-14-19-8-4-5-9-20(19)16-21)28-24-12-6-7-13-26(24)30(27(28)18-22)23-10-2-1-3-11-23;1-2-6-13(7-3-1)19-14-10-11-18-16(12-14)15-8-4-5-9-17(15)20-18/h1-30H;1-18H;1-12,19H. The largest absolute Gasteiger partial charge is 0.456 e. The van der Waals surface area contributed by atoms with Crippen LogP contribution in [0.15, 0.2) is 373 Å². The molecule has 99 heavy (non-hydrogen) atoms. The number of benzene rings is 16. The van der Waals surface area contributed by atoms with Crippen LogP contribution in [0.25, 0.3) is 143 Å². The first kappa shape index (κ1) is 58.7. The van der Waals surface area contributed by atoms with E-state index < -0.39 is 0 Å². The third-order valence-corrected chi connectivity index (χ3v) is 19.2. The SMILES string of the molecule is Clc1cc(-c2ccc3ccccc3c2)c2c3ccccc3n(-c3ccccc3)c2c1.c1ccc(N(c2ccc3oc4ccccc4c3c2)c2cc(-c3ccc4ccccc4c3)c3c4ccccc4n(-c4ccccc4)c3c2)cc1.c1ccc(Nc2ccc3oc4ccccc4c3c2)cc1. The van der Waals surface area contributed by atoms with Crippen molar-refractivity contribution in [3.05, 3.63) is 369 Å². The number of aromatic nitrogens is 2. The lowest BCUT2D eigenvalue weighted by molar-refractivity contribution is 0.668. The molecule has 1 N–H and O–H groups in total. The molecule has 4 heterocycles. The van der Waals surface area contributed by atoms with Gasteiger partial charge in [0.05, 0.1) is 22.1 Å². The second-order valence-corrected chi connectivity index (χ2v) is 25.4. The van der Waals surface area contributed by atoms with Crippen molar-refractivity contribution in [3.8, 4) is 33.6 Å². The number of rotatable bonds is 9. The van der Waals surface area contributed by atoms with Gasteiger partial charge in [0.25, 0.3) is 0 Å². The quantitative estimate of drug-likeness (QED) is 0.156. The number of anilines is 5. The van der Waals surface area contributed by atoms with Crippen molar-refractivity contribution < 1.29 is 8.83 Å². The molecule has 0 unspecified atom stereocenters. The fourth-order valence-corrected chi connectivity index (χ4v) is 14.7. The number of halogens is 1. The summed E-state index contributed by atoms with van der Waals surface area (Å²) >= 11 is 6.67. The molecular formula is C92H61ClN4O2. The summed E-state index contributed by atoms with van der Waals surface area (Å²) in [5.41, 5.74) is 20.6. The Hall–Kier alpha value is -12.9. The van der Waals surface area contributed by atoms with Gasteiger partial charge in [0.1, 0.15) is 22.3 Å². The van der Waals surface area contributed by atoms with E-state index in [4.69, 9.17) is 20.4 Å². The number of hydrogen-bond acceptors (Lipinski definition) is 4. The minimum atomic E-state index is 0.741. The summed E-state index contributed by atoms with van der Waals surface area (Å²) in [4.78, 5) is 2.37. The monoisotopic (exact) mass is 1290 g/mol. The van der Waals surface area contributed by atoms with Gasteiger partial charge in [0.15, 0.2) is 0 Å². The fraction of sp³-hybridized carbons (Fsp3) is 0. The van der Waals surface area contributed by atoms with Crippen molar-refractivity contribution in [2.45, 2.75) is 0 Å². The molecule has 20 rings (SSSR count). The number of furan rings is 2. The molecule has 0 bridgehead atoms. The summed E-state index contributed by atoms with van der Waals surface area (Å²) < 4.78 is 16.8. The maximum absolute atomic E-state index is 6.67. The second kappa shape index (κ2) is 25.0. The van der Waals surface area contributed by atoms with E-state index in [-0.39, 0.29) is 0 Å². The van der Waals surface area contributed by atoms with Gasteiger partial charge in [-0.1, -0.05) is 230 Å². The third kappa shape index (κ3) is 10.8. The second-order valence-electron chi connectivity index (χ2n) is 25.0. The van der Waals surface area contributed by atoms with E-state index in [0.717, 1.165) is 105 Å². The zero-order chi connectivity index (χ0) is 65.8. The molecule has 4 aromatic heterocycles. The lowest BCUT2D eigenvalue weighted by Crippen LogP contribution is -2.10. The van der Waals surface area contributed by atoms with E-state index in [0.29, 0.717) is 0 Å². The molecule has 6 nitrogen and oxygen atoms in total. The van der Waals surface area contributed by atoms with Crippen LogP contribution in [-0.2, 0) is 0 Å². The van der Waals surface area contributed by atoms with E-state index in [2.05, 4.69) is 317 Å². The van der Waals surface area contributed by atoms with Crippen LogP contribution in [0, 0.1) is 0 Å². The number of nitrogens with one attached hydrogen (secondary N) is 1. The highest BCUT2D eigenvalue weighted by Gasteiger charge is 2.23. The summed E-state index contributed by atoms with van der Waals surface area (Å²) in [6.07, 6.45) is 0.